The predicted molar refractivity (Wildman–Crippen MR) is 85.4 cm³/mol. The summed E-state index contributed by atoms with van der Waals surface area (Å²) in [5, 5.41) is 13.8. The zero-order chi connectivity index (χ0) is 14.3. The number of aliphatic hydroxyl groups is 1. The Kier molecular flexibility index (Phi) is 6.20. The molecule has 0 amide bonds. The Morgan fingerprint density at radius 1 is 1.35 bits per heavy atom. The van der Waals surface area contributed by atoms with Crippen LogP contribution in [-0.4, -0.2) is 35.4 Å². The van der Waals surface area contributed by atoms with Crippen LogP contribution in [0, 0.1) is 0 Å². The first-order valence-electron chi connectivity index (χ1n) is 7.44. The lowest BCUT2D eigenvalue weighted by molar-refractivity contribution is 0.0320. The monoisotopic (exact) mass is 295 g/mol. The first kappa shape index (κ1) is 15.7. The predicted octanol–water partition coefficient (Wildman–Crippen LogP) is 2.82. The zero-order valence-corrected chi connectivity index (χ0v) is 13.0. The highest BCUT2D eigenvalue weighted by atomic mass is 32.2. The fourth-order valence-corrected chi connectivity index (χ4v) is 3.59. The van der Waals surface area contributed by atoms with E-state index in [9.17, 15) is 5.11 Å². The van der Waals surface area contributed by atoms with Crippen molar-refractivity contribution in [2.24, 2.45) is 0 Å². The van der Waals surface area contributed by atoms with Crippen molar-refractivity contribution in [3.05, 3.63) is 29.8 Å². The normalized spacial score (nSPS) is 17.9. The van der Waals surface area contributed by atoms with Gasteiger partial charge >= 0.3 is 0 Å². The highest BCUT2D eigenvalue weighted by Gasteiger charge is 2.28. The van der Waals surface area contributed by atoms with Crippen LogP contribution in [-0.2, 0) is 6.54 Å². The van der Waals surface area contributed by atoms with Gasteiger partial charge in [0.1, 0.15) is 5.75 Å². The number of hydrogen-bond donors (Lipinski definition) is 2. The van der Waals surface area contributed by atoms with Crippen molar-refractivity contribution in [1.29, 1.82) is 0 Å². The fraction of sp³-hybridized carbons (Fsp3) is 0.625. The molecule has 0 saturated carbocycles. The summed E-state index contributed by atoms with van der Waals surface area (Å²) in [6.07, 6.45) is 2.81. The third-order valence-corrected chi connectivity index (χ3v) is 4.56. The highest BCUT2D eigenvalue weighted by molar-refractivity contribution is 7.99. The quantitative estimate of drug-likeness (QED) is 0.811. The number of nitrogens with one attached hydrogen (secondary N) is 1. The van der Waals surface area contributed by atoms with Gasteiger partial charge in [0.05, 0.1) is 12.2 Å². The third-order valence-electron chi connectivity index (χ3n) is 3.58. The fourth-order valence-electron chi connectivity index (χ4n) is 2.33. The Morgan fingerprint density at radius 3 is 2.90 bits per heavy atom. The van der Waals surface area contributed by atoms with Gasteiger partial charge in [-0.05, 0) is 48.5 Å². The Bertz CT molecular complexity index is 405. The summed E-state index contributed by atoms with van der Waals surface area (Å²) in [4.78, 5) is 0. The lowest BCUT2D eigenvalue weighted by Crippen LogP contribution is -2.43. The topological polar surface area (TPSA) is 41.5 Å². The van der Waals surface area contributed by atoms with E-state index < -0.39 is 5.60 Å². The second kappa shape index (κ2) is 7.91. The van der Waals surface area contributed by atoms with Gasteiger partial charge < -0.3 is 15.2 Å². The minimum Gasteiger partial charge on any atom is -0.494 e. The van der Waals surface area contributed by atoms with Crippen LogP contribution in [0.25, 0.3) is 0 Å². The summed E-state index contributed by atoms with van der Waals surface area (Å²) >= 11 is 1.93. The van der Waals surface area contributed by atoms with Crippen LogP contribution in [0.2, 0.25) is 0 Å². The molecular formula is C16H25NO2S. The van der Waals surface area contributed by atoms with Crippen molar-refractivity contribution < 1.29 is 9.84 Å². The molecule has 1 aromatic carbocycles. The number of ether oxygens (including phenoxy) is 1. The van der Waals surface area contributed by atoms with Gasteiger partial charge in [-0.25, -0.2) is 0 Å². The summed E-state index contributed by atoms with van der Waals surface area (Å²) in [7, 11) is 0. The standard InChI is InChI=1S/C16H25NO2S/c1-2-8-19-15-5-3-4-14(11-15)12-17-13-16(18)6-9-20-10-7-16/h3-5,11,17-18H,2,6-10,12-13H2,1H3. The maximum absolute atomic E-state index is 10.4. The molecule has 2 rings (SSSR count). The lowest BCUT2D eigenvalue weighted by Gasteiger charge is -2.32. The van der Waals surface area contributed by atoms with E-state index in [2.05, 4.69) is 24.4 Å². The average Bonchev–Trinajstić information content (AvgIpc) is 2.46. The molecule has 4 heteroatoms. The molecule has 0 aliphatic carbocycles. The third kappa shape index (κ3) is 5.00. The van der Waals surface area contributed by atoms with E-state index in [4.69, 9.17) is 4.74 Å². The summed E-state index contributed by atoms with van der Waals surface area (Å²) in [5.74, 6) is 3.07. The minimum absolute atomic E-state index is 0.512. The van der Waals surface area contributed by atoms with Crippen LogP contribution in [0.5, 0.6) is 5.75 Å². The van der Waals surface area contributed by atoms with Crippen LogP contribution in [0.3, 0.4) is 0 Å². The average molecular weight is 295 g/mol. The van der Waals surface area contributed by atoms with Crippen LogP contribution in [0.4, 0.5) is 0 Å². The van der Waals surface area contributed by atoms with E-state index in [0.717, 1.165) is 49.7 Å². The molecule has 1 aromatic rings. The molecule has 0 radical (unpaired) electrons. The Labute approximate surface area is 126 Å². The van der Waals surface area contributed by atoms with Gasteiger partial charge in [0.15, 0.2) is 0 Å². The molecule has 1 heterocycles. The maximum Gasteiger partial charge on any atom is 0.119 e. The molecule has 0 bridgehead atoms. The molecule has 1 aliphatic rings. The molecule has 1 aliphatic heterocycles. The number of hydrogen-bond acceptors (Lipinski definition) is 4. The van der Waals surface area contributed by atoms with Gasteiger partial charge in [-0.3, -0.25) is 0 Å². The Balaban J connectivity index is 1.78. The van der Waals surface area contributed by atoms with Crippen LogP contribution < -0.4 is 10.1 Å². The molecule has 2 N–H and O–H groups in total. The van der Waals surface area contributed by atoms with Crippen molar-refractivity contribution in [1.82, 2.24) is 5.32 Å². The first-order chi connectivity index (χ1) is 9.72. The highest BCUT2D eigenvalue weighted by Crippen LogP contribution is 2.26. The van der Waals surface area contributed by atoms with Gasteiger partial charge in [0.2, 0.25) is 0 Å². The zero-order valence-electron chi connectivity index (χ0n) is 12.2. The minimum atomic E-state index is -0.512. The molecule has 0 unspecified atom stereocenters. The van der Waals surface area contributed by atoms with Gasteiger partial charge in [-0.2, -0.15) is 11.8 Å². The van der Waals surface area contributed by atoms with Crippen LogP contribution >= 0.6 is 11.8 Å². The van der Waals surface area contributed by atoms with Gasteiger partial charge in [-0.15, -0.1) is 0 Å². The summed E-state index contributed by atoms with van der Waals surface area (Å²) in [6.45, 7) is 4.31. The van der Waals surface area contributed by atoms with E-state index >= 15 is 0 Å². The number of rotatable bonds is 7. The molecule has 1 fully saturated rings. The van der Waals surface area contributed by atoms with E-state index in [-0.39, 0.29) is 0 Å². The Hall–Kier alpha value is -0.710. The van der Waals surface area contributed by atoms with Crippen molar-refractivity contribution in [2.45, 2.75) is 38.3 Å². The molecule has 1 saturated heterocycles. The first-order valence-corrected chi connectivity index (χ1v) is 8.60. The lowest BCUT2D eigenvalue weighted by atomic mass is 9.97. The molecule has 0 aromatic heterocycles. The summed E-state index contributed by atoms with van der Waals surface area (Å²) < 4.78 is 5.63. The van der Waals surface area contributed by atoms with E-state index in [0.29, 0.717) is 6.54 Å². The SMILES string of the molecule is CCCOc1cccc(CNCC2(O)CCSCC2)c1. The van der Waals surface area contributed by atoms with Gasteiger partial charge in [-0.1, -0.05) is 19.1 Å². The Morgan fingerprint density at radius 2 is 2.15 bits per heavy atom. The number of thioether (sulfide) groups is 1. The molecule has 0 spiro atoms. The van der Waals surface area contributed by atoms with Crippen molar-refractivity contribution >= 4 is 11.8 Å². The molecule has 20 heavy (non-hydrogen) atoms. The van der Waals surface area contributed by atoms with E-state index in [1.165, 1.54) is 5.56 Å². The molecular weight excluding hydrogens is 270 g/mol. The van der Waals surface area contributed by atoms with Crippen LogP contribution in [0.15, 0.2) is 24.3 Å². The molecule has 0 atom stereocenters. The smallest absolute Gasteiger partial charge is 0.119 e. The summed E-state index contributed by atoms with van der Waals surface area (Å²) in [6, 6.07) is 8.18. The number of benzene rings is 1. The van der Waals surface area contributed by atoms with Crippen molar-refractivity contribution in [3.8, 4) is 5.75 Å². The molecule has 3 nitrogen and oxygen atoms in total. The molecule has 112 valence electrons. The van der Waals surface area contributed by atoms with Crippen LogP contribution in [0.1, 0.15) is 31.7 Å². The second-order valence-electron chi connectivity index (χ2n) is 5.44. The largest absolute Gasteiger partial charge is 0.494 e. The van der Waals surface area contributed by atoms with Crippen molar-refractivity contribution in [3.63, 3.8) is 0 Å². The summed E-state index contributed by atoms with van der Waals surface area (Å²) in [5.41, 5.74) is 0.689. The second-order valence-corrected chi connectivity index (χ2v) is 6.66. The maximum atomic E-state index is 10.4. The van der Waals surface area contributed by atoms with E-state index in [1.54, 1.807) is 0 Å². The van der Waals surface area contributed by atoms with E-state index in [1.807, 2.05) is 23.9 Å². The van der Waals surface area contributed by atoms with Gasteiger partial charge in [0.25, 0.3) is 0 Å². The van der Waals surface area contributed by atoms with Gasteiger partial charge in [0, 0.05) is 13.1 Å². The van der Waals surface area contributed by atoms with Crippen molar-refractivity contribution in [2.75, 3.05) is 24.7 Å².